The summed E-state index contributed by atoms with van der Waals surface area (Å²) in [5.74, 6) is 2.42. The molecule has 1 nitrogen and oxygen atoms in total. The Morgan fingerprint density at radius 3 is 3.00 bits per heavy atom. The Morgan fingerprint density at radius 2 is 2.50 bits per heavy atom. The van der Waals surface area contributed by atoms with Gasteiger partial charge in [-0.25, -0.2) is 0 Å². The third-order valence-electron chi connectivity index (χ3n) is 2.87. The topological polar surface area (TPSA) is 17.1 Å². The Hall–Kier alpha value is -0.590. The summed E-state index contributed by atoms with van der Waals surface area (Å²) in [6.45, 7) is 3.68. The van der Waals surface area contributed by atoms with Crippen molar-refractivity contribution in [3.05, 3.63) is 12.7 Å². The van der Waals surface area contributed by atoms with E-state index in [1.807, 2.05) is 6.08 Å². The molecule has 54 valence electrons. The van der Waals surface area contributed by atoms with Crippen LogP contribution in [0.15, 0.2) is 12.7 Å². The number of ketones is 1. The maximum absolute atomic E-state index is 11.1. The van der Waals surface area contributed by atoms with E-state index in [0.717, 1.165) is 25.2 Å². The van der Waals surface area contributed by atoms with E-state index in [1.165, 1.54) is 0 Å². The molecule has 3 unspecified atom stereocenters. The number of hydrogen-bond acceptors (Lipinski definition) is 1. The van der Waals surface area contributed by atoms with Crippen LogP contribution < -0.4 is 0 Å². The van der Waals surface area contributed by atoms with E-state index in [2.05, 4.69) is 6.58 Å². The number of Topliss-reactive ketones (excluding diaryl/α,β-unsaturated/α-hetero) is 1. The van der Waals surface area contributed by atoms with Gasteiger partial charge in [-0.2, -0.15) is 0 Å². The molecule has 2 fully saturated rings. The molecule has 0 aromatic carbocycles. The molecular formula is C9H12O. The van der Waals surface area contributed by atoms with Crippen LogP contribution >= 0.6 is 0 Å². The normalized spacial score (nSPS) is 43.2. The quantitative estimate of drug-likeness (QED) is 0.529. The zero-order valence-electron chi connectivity index (χ0n) is 6.05. The number of rotatable bonds is 2. The highest BCUT2D eigenvalue weighted by atomic mass is 16.1. The summed E-state index contributed by atoms with van der Waals surface area (Å²) in [4.78, 5) is 11.1. The van der Waals surface area contributed by atoms with Gasteiger partial charge in [0, 0.05) is 12.3 Å². The summed E-state index contributed by atoms with van der Waals surface area (Å²) >= 11 is 0. The van der Waals surface area contributed by atoms with Crippen LogP contribution in [0.5, 0.6) is 0 Å². The largest absolute Gasteiger partial charge is 0.299 e. The number of carbonyl (C=O) groups is 1. The van der Waals surface area contributed by atoms with Gasteiger partial charge in [0.2, 0.25) is 0 Å². The first-order valence-corrected chi connectivity index (χ1v) is 3.98. The summed E-state index contributed by atoms with van der Waals surface area (Å²) in [6, 6.07) is 0. The third-order valence-corrected chi connectivity index (χ3v) is 2.87. The Labute approximate surface area is 61.1 Å². The van der Waals surface area contributed by atoms with Gasteiger partial charge in [0.05, 0.1) is 0 Å². The second kappa shape index (κ2) is 1.94. The summed E-state index contributed by atoms with van der Waals surface area (Å²) in [6.07, 6.45) is 5.00. The highest BCUT2D eigenvalue weighted by Gasteiger charge is 2.56. The van der Waals surface area contributed by atoms with Gasteiger partial charge < -0.3 is 0 Å². The number of allylic oxidation sites excluding steroid dienone is 1. The molecule has 0 bridgehead atoms. The van der Waals surface area contributed by atoms with Crippen LogP contribution in [0.1, 0.15) is 19.3 Å². The molecule has 0 aliphatic heterocycles. The Bertz CT molecular complexity index is 183. The average molecular weight is 136 g/mol. The highest BCUT2D eigenvalue weighted by Crippen LogP contribution is 2.57. The molecule has 0 saturated heterocycles. The molecule has 0 heterocycles. The molecule has 0 N–H and O–H groups in total. The molecule has 0 amide bonds. The van der Waals surface area contributed by atoms with Gasteiger partial charge in [0.1, 0.15) is 5.78 Å². The molecule has 0 radical (unpaired) electrons. The molecule has 2 aliphatic carbocycles. The fraction of sp³-hybridized carbons (Fsp3) is 0.667. The van der Waals surface area contributed by atoms with Gasteiger partial charge in [0.25, 0.3) is 0 Å². The third kappa shape index (κ3) is 0.664. The van der Waals surface area contributed by atoms with Gasteiger partial charge >= 0.3 is 0 Å². The molecule has 2 aliphatic rings. The van der Waals surface area contributed by atoms with Crippen LogP contribution in [-0.2, 0) is 4.79 Å². The maximum Gasteiger partial charge on any atom is 0.136 e. The molecule has 2 saturated carbocycles. The van der Waals surface area contributed by atoms with Crippen molar-refractivity contribution in [2.24, 2.45) is 17.8 Å². The summed E-state index contributed by atoms with van der Waals surface area (Å²) in [7, 11) is 0. The van der Waals surface area contributed by atoms with E-state index in [-0.39, 0.29) is 0 Å². The van der Waals surface area contributed by atoms with E-state index in [4.69, 9.17) is 0 Å². The number of hydrogen-bond donors (Lipinski definition) is 0. The minimum absolute atomic E-state index is 0.456. The van der Waals surface area contributed by atoms with Crippen LogP contribution in [0.4, 0.5) is 0 Å². The van der Waals surface area contributed by atoms with Crippen LogP contribution in [0.3, 0.4) is 0 Å². The van der Waals surface area contributed by atoms with Crippen molar-refractivity contribution in [2.75, 3.05) is 0 Å². The highest BCUT2D eigenvalue weighted by molar-refractivity contribution is 5.87. The fourth-order valence-electron chi connectivity index (χ4n) is 2.31. The molecule has 0 aromatic rings. The first-order chi connectivity index (χ1) is 4.84. The second-order valence-corrected chi connectivity index (χ2v) is 3.38. The lowest BCUT2D eigenvalue weighted by Gasteiger charge is -1.95. The minimum Gasteiger partial charge on any atom is -0.299 e. The van der Waals surface area contributed by atoms with Crippen molar-refractivity contribution in [1.82, 2.24) is 0 Å². The summed E-state index contributed by atoms with van der Waals surface area (Å²) in [5.41, 5.74) is 0. The monoisotopic (exact) mass is 136 g/mol. The molecule has 1 heteroatoms. The van der Waals surface area contributed by atoms with Crippen molar-refractivity contribution in [3.63, 3.8) is 0 Å². The van der Waals surface area contributed by atoms with Crippen LogP contribution in [0, 0.1) is 17.8 Å². The first-order valence-electron chi connectivity index (χ1n) is 3.98. The van der Waals surface area contributed by atoms with Crippen LogP contribution in [-0.4, -0.2) is 5.78 Å². The molecule has 0 spiro atoms. The van der Waals surface area contributed by atoms with Crippen molar-refractivity contribution in [1.29, 1.82) is 0 Å². The lowest BCUT2D eigenvalue weighted by molar-refractivity contribution is -0.119. The molecule has 2 rings (SSSR count). The van der Waals surface area contributed by atoms with E-state index in [1.54, 1.807) is 0 Å². The van der Waals surface area contributed by atoms with Gasteiger partial charge in [-0.1, -0.05) is 6.08 Å². The zero-order chi connectivity index (χ0) is 7.14. The summed E-state index contributed by atoms with van der Waals surface area (Å²) < 4.78 is 0. The van der Waals surface area contributed by atoms with E-state index in [0.29, 0.717) is 17.6 Å². The van der Waals surface area contributed by atoms with Crippen molar-refractivity contribution in [2.45, 2.75) is 19.3 Å². The Balaban J connectivity index is 1.98. The van der Waals surface area contributed by atoms with Crippen molar-refractivity contribution in [3.8, 4) is 0 Å². The van der Waals surface area contributed by atoms with Crippen LogP contribution in [0.2, 0.25) is 0 Å². The van der Waals surface area contributed by atoms with E-state index in [9.17, 15) is 4.79 Å². The predicted octanol–water partition coefficient (Wildman–Crippen LogP) is 1.79. The lowest BCUT2D eigenvalue weighted by Crippen LogP contribution is -1.98. The van der Waals surface area contributed by atoms with Gasteiger partial charge in [-0.3, -0.25) is 4.79 Å². The molecular weight excluding hydrogens is 124 g/mol. The zero-order valence-corrected chi connectivity index (χ0v) is 6.05. The lowest BCUT2D eigenvalue weighted by atomic mass is 10.1. The number of fused-ring (bicyclic) bond motifs is 1. The predicted molar refractivity (Wildman–Crippen MR) is 39.5 cm³/mol. The van der Waals surface area contributed by atoms with Gasteiger partial charge in [-0.05, 0) is 24.7 Å². The smallest absolute Gasteiger partial charge is 0.136 e. The maximum atomic E-state index is 11.1. The molecule has 3 atom stereocenters. The van der Waals surface area contributed by atoms with Crippen LogP contribution in [0.25, 0.3) is 0 Å². The first kappa shape index (κ1) is 6.14. The van der Waals surface area contributed by atoms with Gasteiger partial charge in [0.15, 0.2) is 0 Å². The van der Waals surface area contributed by atoms with Crippen molar-refractivity contribution >= 4 is 5.78 Å². The Kier molecular flexibility index (Phi) is 1.19. The Morgan fingerprint density at radius 1 is 1.70 bits per heavy atom. The summed E-state index contributed by atoms with van der Waals surface area (Å²) in [5, 5.41) is 0. The SMILES string of the molecule is C=CCC1C2CCC(=O)C12. The standard InChI is InChI=1S/C9H12O/c1-2-3-6-7-4-5-8(10)9(6)7/h2,6-7,9H,1,3-5H2. The molecule has 10 heavy (non-hydrogen) atoms. The number of carbonyl (C=O) groups excluding carboxylic acids is 1. The second-order valence-electron chi connectivity index (χ2n) is 3.38. The average Bonchev–Trinajstić information content (AvgIpc) is 2.45. The van der Waals surface area contributed by atoms with E-state index < -0.39 is 0 Å². The minimum atomic E-state index is 0.456. The fourth-order valence-corrected chi connectivity index (χ4v) is 2.31. The molecule has 0 aromatic heterocycles. The van der Waals surface area contributed by atoms with Crippen molar-refractivity contribution < 1.29 is 4.79 Å². The van der Waals surface area contributed by atoms with Gasteiger partial charge in [-0.15, -0.1) is 6.58 Å². The van der Waals surface area contributed by atoms with E-state index >= 15 is 0 Å².